The summed E-state index contributed by atoms with van der Waals surface area (Å²) in [5.41, 5.74) is 5.97. The van der Waals surface area contributed by atoms with Gasteiger partial charge in [0.1, 0.15) is 0 Å². The molecule has 0 N–H and O–H groups in total. The molecule has 0 fully saturated rings. The SMILES string of the molecule is Cc1ncsc1CCCl.Cc1ncsc1CCCl. The third-order valence-electron chi connectivity index (χ3n) is 2.33. The first kappa shape index (κ1) is 15.9. The molecule has 2 aromatic heterocycles. The van der Waals surface area contributed by atoms with Crippen LogP contribution in [0.1, 0.15) is 21.1 Å². The molecule has 6 heteroatoms. The molecule has 0 unspecified atom stereocenters. The lowest BCUT2D eigenvalue weighted by Crippen LogP contribution is -1.83. The fourth-order valence-corrected chi connectivity index (χ4v) is 3.47. The maximum absolute atomic E-state index is 5.54. The summed E-state index contributed by atoms with van der Waals surface area (Å²) in [6.45, 7) is 4.02. The van der Waals surface area contributed by atoms with Gasteiger partial charge < -0.3 is 0 Å². The molecule has 2 nitrogen and oxygen atoms in total. The minimum absolute atomic E-state index is 0.697. The van der Waals surface area contributed by atoms with Gasteiger partial charge in [0.2, 0.25) is 0 Å². The molecule has 0 saturated carbocycles. The Bertz CT molecular complexity index is 412. The summed E-state index contributed by atoms with van der Waals surface area (Å²) in [4.78, 5) is 10.8. The fourth-order valence-electron chi connectivity index (χ4n) is 1.30. The van der Waals surface area contributed by atoms with Gasteiger partial charge in [-0.2, -0.15) is 0 Å². The predicted molar refractivity (Wildman–Crippen MR) is 82.6 cm³/mol. The van der Waals surface area contributed by atoms with Crippen molar-refractivity contribution >= 4 is 45.9 Å². The number of thiazole rings is 2. The monoisotopic (exact) mass is 322 g/mol. The summed E-state index contributed by atoms with van der Waals surface area (Å²) in [6.07, 6.45) is 1.91. The maximum Gasteiger partial charge on any atom is 0.0797 e. The highest BCUT2D eigenvalue weighted by Crippen LogP contribution is 2.13. The van der Waals surface area contributed by atoms with E-state index in [1.165, 1.54) is 9.75 Å². The van der Waals surface area contributed by atoms with E-state index in [4.69, 9.17) is 23.2 Å². The zero-order chi connectivity index (χ0) is 13.4. The van der Waals surface area contributed by atoms with Crippen molar-refractivity contribution in [2.75, 3.05) is 11.8 Å². The second-order valence-corrected chi connectivity index (χ2v) is 6.23. The lowest BCUT2D eigenvalue weighted by Gasteiger charge is -1.89. The maximum atomic E-state index is 5.54. The number of nitrogens with zero attached hydrogens (tertiary/aromatic N) is 2. The Hall–Kier alpha value is -0.160. The minimum Gasteiger partial charge on any atom is -0.250 e. The van der Waals surface area contributed by atoms with Crippen LogP contribution < -0.4 is 0 Å². The van der Waals surface area contributed by atoms with Gasteiger partial charge in [-0.05, 0) is 26.7 Å². The Morgan fingerprint density at radius 3 is 1.50 bits per heavy atom. The van der Waals surface area contributed by atoms with Crippen LogP contribution in [0, 0.1) is 13.8 Å². The third-order valence-corrected chi connectivity index (χ3v) is 4.70. The van der Waals surface area contributed by atoms with Gasteiger partial charge in [0, 0.05) is 21.5 Å². The van der Waals surface area contributed by atoms with Crippen molar-refractivity contribution in [2.45, 2.75) is 26.7 Å². The lowest BCUT2D eigenvalue weighted by molar-refractivity contribution is 1.12. The van der Waals surface area contributed by atoms with Crippen LogP contribution in [0.2, 0.25) is 0 Å². The molecule has 2 aromatic rings. The van der Waals surface area contributed by atoms with Gasteiger partial charge in [-0.15, -0.1) is 45.9 Å². The topological polar surface area (TPSA) is 25.8 Å². The van der Waals surface area contributed by atoms with Crippen molar-refractivity contribution < 1.29 is 0 Å². The van der Waals surface area contributed by atoms with E-state index in [0.29, 0.717) is 11.8 Å². The van der Waals surface area contributed by atoms with Gasteiger partial charge in [-0.1, -0.05) is 0 Å². The van der Waals surface area contributed by atoms with E-state index in [0.717, 1.165) is 24.2 Å². The zero-order valence-corrected chi connectivity index (χ0v) is 13.6. The number of halogens is 2. The highest BCUT2D eigenvalue weighted by atomic mass is 35.5. The normalized spacial score (nSPS) is 10.0. The molecule has 0 atom stereocenters. The van der Waals surface area contributed by atoms with Crippen LogP contribution in [0.25, 0.3) is 0 Å². The van der Waals surface area contributed by atoms with Crippen LogP contribution in [0.3, 0.4) is 0 Å². The molecule has 18 heavy (non-hydrogen) atoms. The summed E-state index contributed by atoms with van der Waals surface area (Å²) >= 11 is 14.4. The van der Waals surface area contributed by atoms with E-state index in [1.54, 1.807) is 22.7 Å². The first-order chi connectivity index (χ1) is 8.69. The second-order valence-electron chi connectivity index (χ2n) is 3.60. The van der Waals surface area contributed by atoms with Gasteiger partial charge in [-0.25, -0.2) is 9.97 Å². The van der Waals surface area contributed by atoms with Crippen molar-refractivity contribution in [1.82, 2.24) is 9.97 Å². The number of alkyl halides is 2. The van der Waals surface area contributed by atoms with Crippen LogP contribution in [-0.2, 0) is 12.8 Å². The van der Waals surface area contributed by atoms with Gasteiger partial charge >= 0.3 is 0 Å². The van der Waals surface area contributed by atoms with Gasteiger partial charge in [0.25, 0.3) is 0 Å². The summed E-state index contributed by atoms with van der Waals surface area (Å²) in [6, 6.07) is 0. The quantitative estimate of drug-likeness (QED) is 0.776. The average Bonchev–Trinajstić information content (AvgIpc) is 2.92. The van der Waals surface area contributed by atoms with E-state index in [1.807, 2.05) is 24.9 Å². The zero-order valence-electron chi connectivity index (χ0n) is 10.4. The van der Waals surface area contributed by atoms with Crippen LogP contribution >= 0.6 is 45.9 Å². The Labute approximate surface area is 126 Å². The molecule has 2 rings (SSSR count). The van der Waals surface area contributed by atoms with Gasteiger partial charge in [-0.3, -0.25) is 0 Å². The number of aryl methyl sites for hydroxylation is 4. The molecule has 0 radical (unpaired) electrons. The number of hydrogen-bond acceptors (Lipinski definition) is 4. The Morgan fingerprint density at radius 1 is 0.889 bits per heavy atom. The first-order valence-corrected chi connectivity index (χ1v) is 8.41. The van der Waals surface area contributed by atoms with Crippen molar-refractivity contribution in [1.29, 1.82) is 0 Å². The summed E-state index contributed by atoms with van der Waals surface area (Å²) < 4.78 is 0. The standard InChI is InChI=1S/2C6H8ClNS/c2*1-5-6(2-3-7)9-4-8-5/h2*4H,2-3H2,1H3. The molecule has 2 heterocycles. The van der Waals surface area contributed by atoms with E-state index in [-0.39, 0.29) is 0 Å². The lowest BCUT2D eigenvalue weighted by atomic mass is 10.3. The van der Waals surface area contributed by atoms with E-state index < -0.39 is 0 Å². The largest absolute Gasteiger partial charge is 0.250 e. The van der Waals surface area contributed by atoms with E-state index >= 15 is 0 Å². The average molecular weight is 323 g/mol. The molecular formula is C12H16Cl2N2S2. The van der Waals surface area contributed by atoms with Crippen LogP contribution in [-0.4, -0.2) is 21.7 Å². The molecule has 0 aliphatic heterocycles. The Morgan fingerprint density at radius 2 is 1.28 bits per heavy atom. The summed E-state index contributed by atoms with van der Waals surface area (Å²) in [7, 11) is 0. The molecular weight excluding hydrogens is 307 g/mol. The molecule has 0 saturated heterocycles. The number of aromatic nitrogens is 2. The molecule has 0 aliphatic rings. The van der Waals surface area contributed by atoms with Crippen molar-refractivity contribution in [3.63, 3.8) is 0 Å². The fraction of sp³-hybridized carbons (Fsp3) is 0.500. The number of hydrogen-bond donors (Lipinski definition) is 0. The van der Waals surface area contributed by atoms with Gasteiger partial charge in [0.05, 0.1) is 22.4 Å². The van der Waals surface area contributed by atoms with Crippen LogP contribution in [0.4, 0.5) is 0 Å². The van der Waals surface area contributed by atoms with Crippen LogP contribution in [0.5, 0.6) is 0 Å². The molecule has 0 aliphatic carbocycles. The van der Waals surface area contributed by atoms with Crippen LogP contribution in [0.15, 0.2) is 11.0 Å². The Balaban J connectivity index is 0.000000180. The second kappa shape index (κ2) is 8.86. The van der Waals surface area contributed by atoms with E-state index in [9.17, 15) is 0 Å². The first-order valence-electron chi connectivity index (χ1n) is 5.58. The molecule has 0 bridgehead atoms. The molecule has 0 spiro atoms. The highest BCUT2D eigenvalue weighted by Gasteiger charge is 1.98. The van der Waals surface area contributed by atoms with Crippen molar-refractivity contribution in [3.8, 4) is 0 Å². The summed E-state index contributed by atoms with van der Waals surface area (Å²) in [5.74, 6) is 1.39. The molecule has 0 aromatic carbocycles. The molecule has 100 valence electrons. The summed E-state index contributed by atoms with van der Waals surface area (Å²) in [5, 5.41) is 0. The van der Waals surface area contributed by atoms with Gasteiger partial charge in [0.15, 0.2) is 0 Å². The number of rotatable bonds is 4. The highest BCUT2D eigenvalue weighted by molar-refractivity contribution is 7.10. The third kappa shape index (κ3) is 5.22. The molecule has 0 amide bonds. The minimum atomic E-state index is 0.697. The Kier molecular flexibility index (Phi) is 7.82. The van der Waals surface area contributed by atoms with Crippen molar-refractivity contribution in [2.24, 2.45) is 0 Å². The smallest absolute Gasteiger partial charge is 0.0797 e. The predicted octanol–water partition coefficient (Wildman–Crippen LogP) is 4.47. The van der Waals surface area contributed by atoms with Crippen molar-refractivity contribution in [3.05, 3.63) is 32.2 Å². The van der Waals surface area contributed by atoms with E-state index in [2.05, 4.69) is 9.97 Å².